The van der Waals surface area contributed by atoms with E-state index in [-0.39, 0.29) is 5.91 Å². The molecule has 1 amide bonds. The molecule has 3 rings (SSSR count). The van der Waals surface area contributed by atoms with Gasteiger partial charge in [-0.15, -0.1) is 0 Å². The van der Waals surface area contributed by atoms with Crippen molar-refractivity contribution < 1.29 is 4.79 Å². The van der Waals surface area contributed by atoms with E-state index in [1.54, 1.807) is 0 Å². The van der Waals surface area contributed by atoms with E-state index in [0.717, 1.165) is 35.4 Å². The van der Waals surface area contributed by atoms with Crippen LogP contribution < -0.4 is 0 Å². The number of nitrogens with zero attached hydrogens (tertiary/aromatic N) is 3. The SMILES string of the molecule is Cc1cc(C)nc(SCC(=O)N2CCCC2CC2CCCCC2)n1. The molecular formula is C19H29N3OS. The lowest BCUT2D eigenvalue weighted by molar-refractivity contribution is -0.129. The third-order valence-corrected chi connectivity index (χ3v) is 6.15. The van der Waals surface area contributed by atoms with Crippen molar-refractivity contribution in [3.8, 4) is 0 Å². The predicted molar refractivity (Wildman–Crippen MR) is 98.2 cm³/mol. The van der Waals surface area contributed by atoms with Gasteiger partial charge in [0.05, 0.1) is 5.75 Å². The highest BCUT2D eigenvalue weighted by Crippen LogP contribution is 2.32. The smallest absolute Gasteiger partial charge is 0.233 e. The van der Waals surface area contributed by atoms with Gasteiger partial charge in [-0.3, -0.25) is 4.79 Å². The molecule has 1 aliphatic heterocycles. The normalized spacial score (nSPS) is 22.1. The van der Waals surface area contributed by atoms with Crippen molar-refractivity contribution in [3.63, 3.8) is 0 Å². The van der Waals surface area contributed by atoms with Gasteiger partial charge in [0.1, 0.15) is 0 Å². The third kappa shape index (κ3) is 4.71. The lowest BCUT2D eigenvalue weighted by Gasteiger charge is -2.30. The summed E-state index contributed by atoms with van der Waals surface area (Å²) in [5.41, 5.74) is 1.93. The summed E-state index contributed by atoms with van der Waals surface area (Å²) in [4.78, 5) is 23.7. The molecule has 1 saturated heterocycles. The van der Waals surface area contributed by atoms with Gasteiger partial charge in [-0.25, -0.2) is 9.97 Å². The number of aryl methyl sites for hydroxylation is 2. The summed E-state index contributed by atoms with van der Waals surface area (Å²) < 4.78 is 0. The molecule has 24 heavy (non-hydrogen) atoms. The number of hydrogen-bond donors (Lipinski definition) is 0. The molecule has 2 aliphatic rings. The van der Waals surface area contributed by atoms with E-state index in [9.17, 15) is 4.79 Å². The molecular weight excluding hydrogens is 318 g/mol. The fourth-order valence-corrected chi connectivity index (χ4v) is 5.02. The Labute approximate surface area is 149 Å². The Morgan fingerprint density at radius 1 is 1.12 bits per heavy atom. The first kappa shape index (κ1) is 17.7. The Hall–Kier alpha value is -1.10. The first-order valence-electron chi connectivity index (χ1n) is 9.36. The molecule has 4 nitrogen and oxygen atoms in total. The van der Waals surface area contributed by atoms with Gasteiger partial charge in [0, 0.05) is 24.0 Å². The monoisotopic (exact) mass is 347 g/mol. The van der Waals surface area contributed by atoms with Crippen LogP contribution in [0, 0.1) is 19.8 Å². The van der Waals surface area contributed by atoms with Crippen molar-refractivity contribution in [2.75, 3.05) is 12.3 Å². The maximum Gasteiger partial charge on any atom is 0.233 e. The molecule has 0 aromatic carbocycles. The Balaban J connectivity index is 1.53. The number of likely N-dealkylation sites (tertiary alicyclic amines) is 1. The maximum atomic E-state index is 12.7. The molecule has 0 bridgehead atoms. The number of aromatic nitrogens is 2. The van der Waals surface area contributed by atoms with Crippen LogP contribution >= 0.6 is 11.8 Å². The highest BCUT2D eigenvalue weighted by atomic mass is 32.2. The summed E-state index contributed by atoms with van der Waals surface area (Å²) in [5.74, 6) is 1.57. The lowest BCUT2D eigenvalue weighted by atomic mass is 9.84. The van der Waals surface area contributed by atoms with Crippen LogP contribution in [0.25, 0.3) is 0 Å². The van der Waals surface area contributed by atoms with Crippen LogP contribution in [-0.4, -0.2) is 39.1 Å². The number of rotatable bonds is 5. The quantitative estimate of drug-likeness (QED) is 0.593. The first-order chi connectivity index (χ1) is 11.6. The number of amides is 1. The number of thioether (sulfide) groups is 1. The number of carbonyl (C=O) groups excluding carboxylic acids is 1. The van der Waals surface area contributed by atoms with Crippen molar-refractivity contribution in [1.82, 2.24) is 14.9 Å². The van der Waals surface area contributed by atoms with Gasteiger partial charge < -0.3 is 4.90 Å². The summed E-state index contributed by atoms with van der Waals surface area (Å²) in [5, 5.41) is 0.726. The molecule has 1 unspecified atom stereocenters. The average Bonchev–Trinajstić information content (AvgIpc) is 3.01. The number of hydrogen-bond acceptors (Lipinski definition) is 4. The molecule has 132 valence electrons. The van der Waals surface area contributed by atoms with Gasteiger partial charge in [-0.05, 0) is 45.1 Å². The van der Waals surface area contributed by atoms with Crippen LogP contribution in [-0.2, 0) is 4.79 Å². The lowest BCUT2D eigenvalue weighted by Crippen LogP contribution is -2.38. The van der Waals surface area contributed by atoms with Crippen molar-refractivity contribution in [1.29, 1.82) is 0 Å². The summed E-state index contributed by atoms with van der Waals surface area (Å²) in [6.45, 7) is 4.88. The molecule has 2 fully saturated rings. The molecule has 0 N–H and O–H groups in total. The van der Waals surface area contributed by atoms with E-state index < -0.39 is 0 Å². The minimum absolute atomic E-state index is 0.265. The van der Waals surface area contributed by atoms with Crippen molar-refractivity contribution >= 4 is 17.7 Å². The van der Waals surface area contributed by atoms with E-state index >= 15 is 0 Å². The average molecular weight is 348 g/mol. The van der Waals surface area contributed by atoms with Gasteiger partial charge in [-0.2, -0.15) is 0 Å². The van der Waals surface area contributed by atoms with Crippen molar-refractivity contribution in [2.45, 2.75) is 76.4 Å². The van der Waals surface area contributed by atoms with E-state index in [1.165, 1.54) is 56.7 Å². The molecule has 1 saturated carbocycles. The highest BCUT2D eigenvalue weighted by molar-refractivity contribution is 7.99. The van der Waals surface area contributed by atoms with Gasteiger partial charge in [0.25, 0.3) is 0 Å². The third-order valence-electron chi connectivity index (χ3n) is 5.31. The zero-order valence-corrected chi connectivity index (χ0v) is 15.8. The Morgan fingerprint density at radius 2 is 1.83 bits per heavy atom. The largest absolute Gasteiger partial charge is 0.339 e. The molecule has 0 radical (unpaired) electrons. The van der Waals surface area contributed by atoms with Crippen LogP contribution in [0.15, 0.2) is 11.2 Å². The van der Waals surface area contributed by atoms with Crippen LogP contribution in [0.1, 0.15) is 62.8 Å². The van der Waals surface area contributed by atoms with E-state index in [2.05, 4.69) is 14.9 Å². The maximum absolute atomic E-state index is 12.7. The molecule has 2 heterocycles. The molecule has 0 spiro atoms. The Morgan fingerprint density at radius 3 is 2.54 bits per heavy atom. The summed E-state index contributed by atoms with van der Waals surface area (Å²) in [6.07, 6.45) is 10.5. The van der Waals surface area contributed by atoms with Crippen LogP contribution in [0.4, 0.5) is 0 Å². The second kappa shape index (κ2) is 8.32. The molecule has 5 heteroatoms. The summed E-state index contributed by atoms with van der Waals surface area (Å²) in [7, 11) is 0. The Kier molecular flexibility index (Phi) is 6.14. The van der Waals surface area contributed by atoms with E-state index in [0.29, 0.717) is 11.8 Å². The van der Waals surface area contributed by atoms with E-state index in [4.69, 9.17) is 0 Å². The minimum Gasteiger partial charge on any atom is -0.339 e. The number of carbonyl (C=O) groups is 1. The van der Waals surface area contributed by atoms with E-state index in [1.807, 2.05) is 19.9 Å². The Bertz CT molecular complexity index is 551. The van der Waals surface area contributed by atoms with Crippen molar-refractivity contribution in [2.24, 2.45) is 5.92 Å². The molecule has 1 atom stereocenters. The second-order valence-electron chi connectivity index (χ2n) is 7.34. The topological polar surface area (TPSA) is 46.1 Å². The second-order valence-corrected chi connectivity index (χ2v) is 8.29. The summed E-state index contributed by atoms with van der Waals surface area (Å²) >= 11 is 1.48. The highest BCUT2D eigenvalue weighted by Gasteiger charge is 2.31. The minimum atomic E-state index is 0.265. The molecule has 1 aliphatic carbocycles. The summed E-state index contributed by atoms with van der Waals surface area (Å²) in [6, 6.07) is 2.44. The van der Waals surface area contributed by atoms with Crippen LogP contribution in [0.5, 0.6) is 0 Å². The van der Waals surface area contributed by atoms with Crippen LogP contribution in [0.3, 0.4) is 0 Å². The molecule has 1 aromatic rings. The van der Waals surface area contributed by atoms with Crippen LogP contribution in [0.2, 0.25) is 0 Å². The zero-order valence-electron chi connectivity index (χ0n) is 15.0. The standard InChI is InChI=1S/C19H29N3OS/c1-14-11-15(2)21-19(20-14)24-13-18(23)22-10-6-9-17(22)12-16-7-4-3-5-8-16/h11,16-17H,3-10,12-13H2,1-2H3. The van der Waals surface area contributed by atoms with Crippen molar-refractivity contribution in [3.05, 3.63) is 17.5 Å². The fourth-order valence-electron chi connectivity index (χ4n) is 4.18. The zero-order chi connectivity index (χ0) is 16.9. The molecule has 1 aromatic heterocycles. The fraction of sp³-hybridized carbons (Fsp3) is 0.737. The van der Waals surface area contributed by atoms with Gasteiger partial charge >= 0.3 is 0 Å². The first-order valence-corrected chi connectivity index (χ1v) is 10.3. The van der Waals surface area contributed by atoms with Gasteiger partial charge in [0.15, 0.2) is 5.16 Å². The predicted octanol–water partition coefficient (Wildman–Crippen LogP) is 4.15. The van der Waals surface area contributed by atoms with Gasteiger partial charge in [0.2, 0.25) is 5.91 Å². The van der Waals surface area contributed by atoms with Gasteiger partial charge in [-0.1, -0.05) is 43.9 Å².